The zero-order valence-corrected chi connectivity index (χ0v) is 13.1. The molecular weight excluding hydrogens is 307 g/mol. The van der Waals surface area contributed by atoms with Gasteiger partial charge in [-0.2, -0.15) is 13.2 Å². The fourth-order valence-corrected chi connectivity index (χ4v) is 2.37. The number of alkyl halides is 3. The van der Waals surface area contributed by atoms with Crippen molar-refractivity contribution in [2.24, 2.45) is 4.99 Å². The lowest BCUT2D eigenvalue weighted by Gasteiger charge is -2.15. The minimum Gasteiger partial charge on any atom is -0.376 e. The van der Waals surface area contributed by atoms with Gasteiger partial charge in [-0.1, -0.05) is 12.1 Å². The van der Waals surface area contributed by atoms with Crippen molar-refractivity contribution in [2.45, 2.75) is 38.6 Å². The van der Waals surface area contributed by atoms with Crippen molar-refractivity contribution >= 4 is 5.96 Å². The number of aliphatic imine (C=N–C) groups is 1. The third kappa shape index (κ3) is 5.74. The van der Waals surface area contributed by atoms with E-state index >= 15 is 0 Å². The molecule has 0 aliphatic carbocycles. The van der Waals surface area contributed by atoms with Crippen LogP contribution in [0.5, 0.6) is 0 Å². The zero-order valence-electron chi connectivity index (χ0n) is 13.1. The molecule has 1 heterocycles. The van der Waals surface area contributed by atoms with Crippen LogP contribution in [0.3, 0.4) is 0 Å². The van der Waals surface area contributed by atoms with E-state index in [1.165, 1.54) is 6.07 Å². The maximum Gasteiger partial charge on any atom is 0.416 e. The largest absolute Gasteiger partial charge is 0.416 e. The summed E-state index contributed by atoms with van der Waals surface area (Å²) in [5.41, 5.74) is -0.128. The van der Waals surface area contributed by atoms with Crippen molar-refractivity contribution in [2.75, 3.05) is 19.7 Å². The van der Waals surface area contributed by atoms with Gasteiger partial charge >= 0.3 is 6.18 Å². The molecule has 128 valence electrons. The molecule has 0 radical (unpaired) electrons. The molecule has 0 aromatic heterocycles. The van der Waals surface area contributed by atoms with Crippen LogP contribution in [-0.2, 0) is 17.5 Å². The smallest absolute Gasteiger partial charge is 0.376 e. The average molecular weight is 329 g/mol. The summed E-state index contributed by atoms with van der Waals surface area (Å²) in [7, 11) is 0. The summed E-state index contributed by atoms with van der Waals surface area (Å²) < 4.78 is 43.6. The van der Waals surface area contributed by atoms with Gasteiger partial charge in [-0.3, -0.25) is 0 Å². The van der Waals surface area contributed by atoms with Gasteiger partial charge in [0.15, 0.2) is 5.96 Å². The number of hydrogen-bond acceptors (Lipinski definition) is 2. The number of hydrogen-bond donors (Lipinski definition) is 2. The van der Waals surface area contributed by atoms with E-state index in [2.05, 4.69) is 15.6 Å². The van der Waals surface area contributed by atoms with Gasteiger partial charge in [0, 0.05) is 19.7 Å². The minimum atomic E-state index is -4.33. The summed E-state index contributed by atoms with van der Waals surface area (Å²) in [6.07, 6.45) is -2.08. The van der Waals surface area contributed by atoms with E-state index in [4.69, 9.17) is 4.74 Å². The van der Waals surface area contributed by atoms with Crippen LogP contribution in [0.4, 0.5) is 13.2 Å². The Balaban J connectivity index is 1.96. The quantitative estimate of drug-likeness (QED) is 0.645. The highest BCUT2D eigenvalue weighted by atomic mass is 19.4. The van der Waals surface area contributed by atoms with E-state index in [1.807, 2.05) is 6.92 Å². The second-order valence-corrected chi connectivity index (χ2v) is 5.41. The van der Waals surface area contributed by atoms with Gasteiger partial charge in [0.25, 0.3) is 0 Å². The molecule has 1 fully saturated rings. The predicted molar refractivity (Wildman–Crippen MR) is 83.2 cm³/mol. The molecule has 1 aromatic carbocycles. The molecular formula is C16H22F3N3O. The summed E-state index contributed by atoms with van der Waals surface area (Å²) in [6.45, 7) is 4.23. The molecule has 1 aliphatic rings. The summed E-state index contributed by atoms with van der Waals surface area (Å²) in [5, 5.41) is 6.25. The number of ether oxygens (including phenoxy) is 1. The SMILES string of the molecule is CCNC(=NCc1cccc(C(F)(F)F)c1)NCC1CCCO1. The Morgan fingerprint density at radius 3 is 2.83 bits per heavy atom. The Kier molecular flexibility index (Phi) is 6.27. The van der Waals surface area contributed by atoms with Crippen molar-refractivity contribution in [3.05, 3.63) is 35.4 Å². The molecule has 0 saturated carbocycles. The third-order valence-corrected chi connectivity index (χ3v) is 3.54. The third-order valence-electron chi connectivity index (χ3n) is 3.54. The number of halogens is 3. The van der Waals surface area contributed by atoms with Crippen LogP contribution in [0.2, 0.25) is 0 Å². The van der Waals surface area contributed by atoms with E-state index in [0.717, 1.165) is 31.6 Å². The Morgan fingerprint density at radius 1 is 1.35 bits per heavy atom. The van der Waals surface area contributed by atoms with Crippen LogP contribution >= 0.6 is 0 Å². The molecule has 1 unspecified atom stereocenters. The van der Waals surface area contributed by atoms with Gasteiger partial charge in [-0.05, 0) is 37.5 Å². The topological polar surface area (TPSA) is 45.7 Å². The van der Waals surface area contributed by atoms with Crippen molar-refractivity contribution in [1.29, 1.82) is 0 Å². The standard InChI is InChI=1S/C16H22F3N3O/c1-2-20-15(22-11-14-7-4-8-23-14)21-10-12-5-3-6-13(9-12)16(17,18)19/h3,5-6,9,14H,2,4,7-8,10-11H2,1H3,(H2,20,21,22). The van der Waals surface area contributed by atoms with Gasteiger partial charge in [-0.15, -0.1) is 0 Å². The molecule has 7 heteroatoms. The van der Waals surface area contributed by atoms with Gasteiger partial charge in [0.2, 0.25) is 0 Å². The number of nitrogens with one attached hydrogen (secondary N) is 2. The van der Waals surface area contributed by atoms with Crippen molar-refractivity contribution < 1.29 is 17.9 Å². The van der Waals surface area contributed by atoms with Crippen LogP contribution in [0.25, 0.3) is 0 Å². The maximum absolute atomic E-state index is 12.7. The van der Waals surface area contributed by atoms with Crippen LogP contribution in [0.1, 0.15) is 30.9 Å². The van der Waals surface area contributed by atoms with E-state index < -0.39 is 11.7 Å². The molecule has 23 heavy (non-hydrogen) atoms. The van der Waals surface area contributed by atoms with Crippen molar-refractivity contribution in [3.8, 4) is 0 Å². The molecule has 0 spiro atoms. The summed E-state index contributed by atoms with van der Waals surface area (Å²) in [6, 6.07) is 5.24. The van der Waals surface area contributed by atoms with E-state index in [-0.39, 0.29) is 12.6 Å². The lowest BCUT2D eigenvalue weighted by atomic mass is 10.1. The van der Waals surface area contributed by atoms with Crippen LogP contribution in [-0.4, -0.2) is 31.8 Å². The molecule has 0 bridgehead atoms. The number of nitrogens with zero attached hydrogens (tertiary/aromatic N) is 1. The first-order chi connectivity index (χ1) is 11.0. The molecule has 4 nitrogen and oxygen atoms in total. The van der Waals surface area contributed by atoms with Gasteiger partial charge in [-0.25, -0.2) is 4.99 Å². The first-order valence-electron chi connectivity index (χ1n) is 7.79. The number of guanidine groups is 1. The van der Waals surface area contributed by atoms with Crippen LogP contribution < -0.4 is 10.6 Å². The molecule has 1 saturated heterocycles. The Bertz CT molecular complexity index is 526. The highest BCUT2D eigenvalue weighted by Gasteiger charge is 2.30. The monoisotopic (exact) mass is 329 g/mol. The average Bonchev–Trinajstić information content (AvgIpc) is 3.03. The fraction of sp³-hybridized carbons (Fsp3) is 0.562. The lowest BCUT2D eigenvalue weighted by Crippen LogP contribution is -2.41. The van der Waals surface area contributed by atoms with Gasteiger partial charge in [0.1, 0.15) is 0 Å². The molecule has 1 aliphatic heterocycles. The van der Waals surface area contributed by atoms with Crippen LogP contribution in [0.15, 0.2) is 29.3 Å². The lowest BCUT2D eigenvalue weighted by molar-refractivity contribution is -0.137. The molecule has 2 rings (SSSR count). The second kappa shape index (κ2) is 8.19. The van der Waals surface area contributed by atoms with E-state index in [0.29, 0.717) is 24.6 Å². The molecule has 2 N–H and O–H groups in total. The minimum absolute atomic E-state index is 0.174. The Labute approximate surface area is 134 Å². The highest BCUT2D eigenvalue weighted by Crippen LogP contribution is 2.29. The van der Waals surface area contributed by atoms with Gasteiger partial charge in [0.05, 0.1) is 18.2 Å². The highest BCUT2D eigenvalue weighted by molar-refractivity contribution is 5.79. The maximum atomic E-state index is 12.7. The van der Waals surface area contributed by atoms with Crippen molar-refractivity contribution in [3.63, 3.8) is 0 Å². The molecule has 0 amide bonds. The second-order valence-electron chi connectivity index (χ2n) is 5.41. The van der Waals surface area contributed by atoms with Gasteiger partial charge < -0.3 is 15.4 Å². The summed E-state index contributed by atoms with van der Waals surface area (Å²) >= 11 is 0. The number of benzene rings is 1. The molecule has 1 aromatic rings. The Hall–Kier alpha value is -1.76. The molecule has 1 atom stereocenters. The fourth-order valence-electron chi connectivity index (χ4n) is 2.37. The Morgan fingerprint density at radius 2 is 2.17 bits per heavy atom. The van der Waals surface area contributed by atoms with E-state index in [9.17, 15) is 13.2 Å². The van der Waals surface area contributed by atoms with Crippen molar-refractivity contribution in [1.82, 2.24) is 10.6 Å². The first kappa shape index (κ1) is 17.6. The normalized spacial score (nSPS) is 19.0. The summed E-state index contributed by atoms with van der Waals surface area (Å²) in [4.78, 5) is 4.34. The summed E-state index contributed by atoms with van der Waals surface area (Å²) in [5.74, 6) is 0.584. The van der Waals surface area contributed by atoms with E-state index in [1.54, 1.807) is 6.07 Å². The van der Waals surface area contributed by atoms with Crippen LogP contribution in [0, 0.1) is 0 Å². The zero-order chi connectivity index (χ0) is 16.7. The first-order valence-corrected chi connectivity index (χ1v) is 7.79. The number of rotatable bonds is 5. The predicted octanol–water partition coefficient (Wildman–Crippen LogP) is 2.94.